The molecule has 6 heteroatoms. The predicted octanol–water partition coefficient (Wildman–Crippen LogP) is 7.68. The molecule has 5 nitrogen and oxygen atoms in total. The minimum absolute atomic E-state index is 0.0431. The molecule has 2 N–H and O–H groups in total. The van der Waals surface area contributed by atoms with Gasteiger partial charge in [0, 0.05) is 11.0 Å². The van der Waals surface area contributed by atoms with E-state index in [1.54, 1.807) is 24.3 Å². The van der Waals surface area contributed by atoms with E-state index in [0.717, 1.165) is 17.5 Å². The average molecular weight is 533 g/mol. The molecule has 3 aromatic carbocycles. The van der Waals surface area contributed by atoms with Gasteiger partial charge in [0.2, 0.25) is 0 Å². The Morgan fingerprint density at radius 1 is 1.10 bits per heavy atom. The fraction of sp³-hybridized carbons (Fsp3) is 0.364. The van der Waals surface area contributed by atoms with Crippen LogP contribution in [0.1, 0.15) is 68.2 Å². The number of hydrogen-bond donors (Lipinski definition) is 2. The van der Waals surface area contributed by atoms with Crippen LogP contribution in [-0.4, -0.2) is 23.3 Å². The first-order valence-electron chi connectivity index (χ1n) is 13.3. The Morgan fingerprint density at radius 3 is 2.54 bits per heavy atom. The third-order valence-corrected chi connectivity index (χ3v) is 7.58. The van der Waals surface area contributed by atoms with Crippen LogP contribution in [0.5, 0.6) is 11.5 Å². The number of carboxylic acid groups (broad SMARTS) is 1. The van der Waals surface area contributed by atoms with Crippen molar-refractivity contribution in [3.63, 3.8) is 0 Å². The molecule has 1 aliphatic rings. The molecule has 0 aliphatic heterocycles. The van der Waals surface area contributed by atoms with E-state index in [2.05, 4.69) is 6.58 Å². The maximum atomic E-state index is 14.9. The normalized spacial score (nSPS) is 14.9. The molecule has 0 radical (unpaired) electrons. The number of ether oxygens (including phenoxy) is 2. The van der Waals surface area contributed by atoms with Gasteiger partial charge in [0.15, 0.2) is 0 Å². The van der Waals surface area contributed by atoms with Crippen LogP contribution < -0.4 is 9.47 Å². The molecule has 2 atom stereocenters. The highest BCUT2D eigenvalue weighted by molar-refractivity contribution is 5.71. The molecule has 0 amide bonds. The summed E-state index contributed by atoms with van der Waals surface area (Å²) in [6, 6.07) is 17.7. The van der Waals surface area contributed by atoms with Gasteiger partial charge in [0.1, 0.15) is 23.9 Å². The summed E-state index contributed by atoms with van der Waals surface area (Å²) in [5.41, 5.74) is 2.57. The van der Waals surface area contributed by atoms with E-state index in [0.29, 0.717) is 34.1 Å². The summed E-state index contributed by atoms with van der Waals surface area (Å²) < 4.78 is 26.4. The zero-order chi connectivity index (χ0) is 28.2. The average Bonchev–Trinajstić information content (AvgIpc) is 3.75. The van der Waals surface area contributed by atoms with E-state index in [1.165, 1.54) is 26.0 Å². The highest BCUT2D eigenvalue weighted by Crippen LogP contribution is 2.42. The van der Waals surface area contributed by atoms with Gasteiger partial charge in [-0.25, -0.2) is 4.39 Å². The number of carbonyl (C=O) groups is 1. The lowest BCUT2D eigenvalue weighted by atomic mass is 9.79. The van der Waals surface area contributed by atoms with Crippen molar-refractivity contribution < 1.29 is 28.9 Å². The van der Waals surface area contributed by atoms with Crippen LogP contribution in [0.3, 0.4) is 0 Å². The summed E-state index contributed by atoms with van der Waals surface area (Å²) >= 11 is 0. The molecule has 206 valence electrons. The maximum absolute atomic E-state index is 14.9. The lowest BCUT2D eigenvalue weighted by molar-refractivity contribution is -0.137. The van der Waals surface area contributed by atoms with Gasteiger partial charge in [0.05, 0.1) is 19.6 Å². The van der Waals surface area contributed by atoms with Gasteiger partial charge in [-0.05, 0) is 76.9 Å². The second-order valence-electron chi connectivity index (χ2n) is 11.0. The Kier molecular flexibility index (Phi) is 8.76. The van der Waals surface area contributed by atoms with Crippen LogP contribution in [0.2, 0.25) is 0 Å². The van der Waals surface area contributed by atoms with Gasteiger partial charge in [-0.3, -0.25) is 4.79 Å². The number of benzene rings is 3. The maximum Gasteiger partial charge on any atom is 0.303 e. The van der Waals surface area contributed by atoms with E-state index in [4.69, 9.17) is 9.47 Å². The number of aliphatic carboxylic acids is 1. The number of halogens is 1. The second-order valence-corrected chi connectivity index (χ2v) is 11.0. The summed E-state index contributed by atoms with van der Waals surface area (Å²) in [5, 5.41) is 20.8. The lowest BCUT2D eigenvalue weighted by Gasteiger charge is -2.29. The number of aliphatic hydroxyl groups is 1. The molecule has 0 heterocycles. The summed E-state index contributed by atoms with van der Waals surface area (Å²) in [5.74, 6) is 0.520. The van der Waals surface area contributed by atoms with E-state index in [-0.39, 0.29) is 18.9 Å². The molecule has 1 fully saturated rings. The minimum atomic E-state index is -0.946. The molecule has 1 saturated carbocycles. The standard InChI is InChI=1S/C33H37FO5/c1-5-33(2,3)32(37)29-16-22(11-13-27(29)28-19-25(38-4)12-14-30(28)34)20-39-26-8-6-7-23(17-26)24(18-31(35)36)15-21-9-10-21/h5-8,11-14,16-17,19,21,24,32,37H,1,9-10,15,18,20H2,2-4H3,(H,35,36)/t24-,32+/m0/s1. The fourth-order valence-corrected chi connectivity index (χ4v) is 4.85. The molecule has 0 bridgehead atoms. The van der Waals surface area contributed by atoms with Crippen LogP contribution in [0.15, 0.2) is 73.3 Å². The third-order valence-electron chi connectivity index (χ3n) is 7.58. The van der Waals surface area contributed by atoms with Gasteiger partial charge in [-0.1, -0.05) is 57.0 Å². The topological polar surface area (TPSA) is 76.0 Å². The summed E-state index contributed by atoms with van der Waals surface area (Å²) in [7, 11) is 1.53. The first kappa shape index (κ1) is 28.4. The molecule has 4 rings (SSSR count). The van der Waals surface area contributed by atoms with Crippen molar-refractivity contribution in [3.05, 3.63) is 95.8 Å². The molecule has 1 aliphatic carbocycles. The van der Waals surface area contributed by atoms with E-state index in [9.17, 15) is 19.4 Å². The third kappa shape index (κ3) is 7.07. The second kappa shape index (κ2) is 12.0. The van der Waals surface area contributed by atoms with Crippen molar-refractivity contribution in [1.29, 1.82) is 0 Å². The molecule has 39 heavy (non-hydrogen) atoms. The van der Waals surface area contributed by atoms with Crippen LogP contribution in [-0.2, 0) is 11.4 Å². The summed E-state index contributed by atoms with van der Waals surface area (Å²) in [6.07, 6.45) is 4.05. The van der Waals surface area contributed by atoms with Gasteiger partial charge in [-0.15, -0.1) is 6.58 Å². The largest absolute Gasteiger partial charge is 0.497 e. The van der Waals surface area contributed by atoms with Crippen molar-refractivity contribution in [2.45, 2.75) is 58.2 Å². The Balaban J connectivity index is 1.62. The van der Waals surface area contributed by atoms with Crippen LogP contribution in [0.25, 0.3) is 11.1 Å². The number of carboxylic acids is 1. The minimum Gasteiger partial charge on any atom is -0.497 e. The Labute approximate surface area is 229 Å². The lowest BCUT2D eigenvalue weighted by Crippen LogP contribution is -2.20. The predicted molar refractivity (Wildman–Crippen MR) is 150 cm³/mol. The van der Waals surface area contributed by atoms with E-state index >= 15 is 0 Å². The smallest absolute Gasteiger partial charge is 0.303 e. The van der Waals surface area contributed by atoms with Crippen molar-refractivity contribution in [2.75, 3.05) is 7.11 Å². The quantitative estimate of drug-likeness (QED) is 0.221. The van der Waals surface area contributed by atoms with Gasteiger partial charge >= 0.3 is 5.97 Å². The van der Waals surface area contributed by atoms with Gasteiger partial charge < -0.3 is 19.7 Å². The zero-order valence-corrected chi connectivity index (χ0v) is 22.8. The first-order valence-corrected chi connectivity index (χ1v) is 13.3. The molecule has 0 spiro atoms. The SMILES string of the molecule is C=CC(C)(C)[C@H](O)c1cc(COc2cccc([C@H](CC(=O)O)CC3CC3)c2)ccc1-c1cc(OC)ccc1F. The fourth-order valence-electron chi connectivity index (χ4n) is 4.85. The van der Waals surface area contributed by atoms with Crippen molar-refractivity contribution in [1.82, 2.24) is 0 Å². The van der Waals surface area contributed by atoms with E-state index in [1.807, 2.05) is 50.2 Å². The summed E-state index contributed by atoms with van der Waals surface area (Å²) in [4.78, 5) is 11.5. The van der Waals surface area contributed by atoms with E-state index < -0.39 is 23.3 Å². The van der Waals surface area contributed by atoms with Crippen LogP contribution in [0.4, 0.5) is 4.39 Å². The number of methoxy groups -OCH3 is 1. The molecule has 0 saturated heterocycles. The summed E-state index contributed by atoms with van der Waals surface area (Å²) in [6.45, 7) is 7.85. The van der Waals surface area contributed by atoms with Crippen molar-refractivity contribution in [2.24, 2.45) is 11.3 Å². The number of hydrogen-bond acceptors (Lipinski definition) is 4. The molecular weight excluding hydrogens is 495 g/mol. The highest BCUT2D eigenvalue weighted by atomic mass is 19.1. The van der Waals surface area contributed by atoms with Crippen LogP contribution >= 0.6 is 0 Å². The molecule has 0 aromatic heterocycles. The number of rotatable bonds is 13. The molecule has 3 aromatic rings. The van der Waals surface area contributed by atoms with Crippen molar-refractivity contribution in [3.8, 4) is 22.6 Å². The van der Waals surface area contributed by atoms with Gasteiger partial charge in [-0.2, -0.15) is 0 Å². The Hall–Kier alpha value is -3.64. The first-order chi connectivity index (χ1) is 18.6. The zero-order valence-electron chi connectivity index (χ0n) is 22.8. The van der Waals surface area contributed by atoms with Crippen molar-refractivity contribution >= 4 is 5.97 Å². The highest BCUT2D eigenvalue weighted by Gasteiger charge is 2.30. The Bertz CT molecular complexity index is 1330. The molecule has 0 unspecified atom stereocenters. The number of aliphatic hydroxyl groups excluding tert-OH is 1. The molecular formula is C33H37FO5. The van der Waals surface area contributed by atoms with Crippen LogP contribution in [0, 0.1) is 17.2 Å². The monoisotopic (exact) mass is 532 g/mol. The van der Waals surface area contributed by atoms with Gasteiger partial charge in [0.25, 0.3) is 0 Å². The Morgan fingerprint density at radius 2 is 1.87 bits per heavy atom.